The van der Waals surface area contributed by atoms with E-state index in [1.807, 2.05) is 13.8 Å². The van der Waals surface area contributed by atoms with E-state index in [9.17, 15) is 9.59 Å². The van der Waals surface area contributed by atoms with Gasteiger partial charge in [-0.05, 0) is 6.42 Å². The molecule has 1 unspecified atom stereocenters. The monoisotopic (exact) mass is 219 g/mol. The molecular weight excluding hydrogens is 202 g/mol. The third-order valence-corrected chi connectivity index (χ3v) is 2.77. The molecule has 0 rings (SSSR count). The van der Waals surface area contributed by atoms with Crippen LogP contribution < -0.4 is 5.32 Å². The summed E-state index contributed by atoms with van der Waals surface area (Å²) >= 11 is 1.31. The average Bonchev–Trinajstić information content (AvgIpc) is 2.15. The first-order valence-corrected chi connectivity index (χ1v) is 5.80. The lowest BCUT2D eigenvalue weighted by molar-refractivity contribution is -0.133. The van der Waals surface area contributed by atoms with Crippen LogP contribution >= 0.6 is 11.8 Å². The molecule has 0 aliphatic heterocycles. The molecule has 1 amide bonds. The number of carboxylic acids is 1. The van der Waals surface area contributed by atoms with Crippen molar-refractivity contribution in [3.63, 3.8) is 0 Å². The molecule has 0 aromatic carbocycles. The van der Waals surface area contributed by atoms with Gasteiger partial charge in [-0.3, -0.25) is 9.59 Å². The van der Waals surface area contributed by atoms with Gasteiger partial charge in [-0.1, -0.05) is 13.8 Å². The number of carbonyl (C=O) groups excluding carboxylic acids is 1. The van der Waals surface area contributed by atoms with Crippen molar-refractivity contribution in [3.05, 3.63) is 0 Å². The highest BCUT2D eigenvalue weighted by molar-refractivity contribution is 7.99. The summed E-state index contributed by atoms with van der Waals surface area (Å²) in [5.74, 6) is 0.0133. The van der Waals surface area contributed by atoms with Gasteiger partial charge in [-0.25, -0.2) is 0 Å². The van der Waals surface area contributed by atoms with Crippen LogP contribution in [0, 0.1) is 5.92 Å². The molecular formula is C9H17NO3S. The Morgan fingerprint density at radius 1 is 1.50 bits per heavy atom. The number of rotatable bonds is 7. The van der Waals surface area contributed by atoms with Crippen molar-refractivity contribution >= 4 is 23.6 Å². The number of amides is 1. The summed E-state index contributed by atoms with van der Waals surface area (Å²) < 4.78 is 0. The van der Waals surface area contributed by atoms with E-state index in [1.165, 1.54) is 11.8 Å². The highest BCUT2D eigenvalue weighted by Gasteiger charge is 2.08. The van der Waals surface area contributed by atoms with Gasteiger partial charge in [0.1, 0.15) is 0 Å². The van der Waals surface area contributed by atoms with Gasteiger partial charge in [0.2, 0.25) is 5.91 Å². The van der Waals surface area contributed by atoms with E-state index in [2.05, 4.69) is 5.32 Å². The van der Waals surface area contributed by atoms with Crippen molar-refractivity contribution in [1.29, 1.82) is 0 Å². The summed E-state index contributed by atoms with van der Waals surface area (Å²) in [6.07, 6.45) is 0.827. The van der Waals surface area contributed by atoms with Gasteiger partial charge in [-0.15, -0.1) is 11.8 Å². The second-order valence-electron chi connectivity index (χ2n) is 3.05. The normalized spacial score (nSPS) is 12.1. The first-order valence-electron chi connectivity index (χ1n) is 4.65. The number of carbonyl (C=O) groups is 2. The van der Waals surface area contributed by atoms with Crippen LogP contribution in [0.25, 0.3) is 0 Å². The fourth-order valence-corrected chi connectivity index (χ4v) is 1.33. The van der Waals surface area contributed by atoms with E-state index in [0.717, 1.165) is 6.42 Å². The van der Waals surface area contributed by atoms with Crippen molar-refractivity contribution in [2.45, 2.75) is 20.3 Å². The smallest absolute Gasteiger partial charge is 0.313 e. The lowest BCUT2D eigenvalue weighted by atomic mass is 10.1. The summed E-state index contributed by atoms with van der Waals surface area (Å²) in [6, 6.07) is 0. The van der Waals surface area contributed by atoms with Crippen LogP contribution in [0.15, 0.2) is 0 Å². The van der Waals surface area contributed by atoms with Gasteiger partial charge in [0.15, 0.2) is 0 Å². The van der Waals surface area contributed by atoms with E-state index in [4.69, 9.17) is 5.11 Å². The summed E-state index contributed by atoms with van der Waals surface area (Å²) in [7, 11) is 0. The quantitative estimate of drug-likeness (QED) is 0.626. The Morgan fingerprint density at radius 2 is 2.14 bits per heavy atom. The molecule has 4 nitrogen and oxygen atoms in total. The lowest BCUT2D eigenvalue weighted by Gasteiger charge is -2.08. The standard InChI is InChI=1S/C9H17NO3S/c1-3-7(2)9(13)10-4-5-14-6-8(11)12/h7H,3-6H2,1-2H3,(H,10,13)(H,11,12). The second kappa shape index (κ2) is 7.67. The number of carboxylic acid groups (broad SMARTS) is 1. The Bertz CT molecular complexity index is 196. The predicted octanol–water partition coefficient (Wildman–Crippen LogP) is 0.967. The summed E-state index contributed by atoms with van der Waals surface area (Å²) in [4.78, 5) is 21.4. The van der Waals surface area contributed by atoms with Crippen LogP contribution in [-0.2, 0) is 9.59 Å². The maximum Gasteiger partial charge on any atom is 0.313 e. The van der Waals surface area contributed by atoms with E-state index < -0.39 is 5.97 Å². The molecule has 0 saturated carbocycles. The molecule has 0 fully saturated rings. The minimum absolute atomic E-state index is 0.0412. The van der Waals surface area contributed by atoms with Gasteiger partial charge in [0, 0.05) is 18.2 Å². The summed E-state index contributed by atoms with van der Waals surface area (Å²) in [5.41, 5.74) is 0. The molecule has 0 aliphatic rings. The largest absolute Gasteiger partial charge is 0.481 e. The Morgan fingerprint density at radius 3 is 2.64 bits per heavy atom. The Labute approximate surface area is 88.4 Å². The van der Waals surface area contributed by atoms with Crippen LogP contribution in [0.3, 0.4) is 0 Å². The van der Waals surface area contributed by atoms with Gasteiger partial charge < -0.3 is 10.4 Å². The molecule has 0 heterocycles. The Balaban J connectivity index is 3.36. The molecule has 0 aromatic heterocycles. The number of hydrogen-bond acceptors (Lipinski definition) is 3. The van der Waals surface area contributed by atoms with Gasteiger partial charge in [0.25, 0.3) is 0 Å². The first-order chi connectivity index (χ1) is 6.57. The zero-order valence-electron chi connectivity index (χ0n) is 8.58. The van der Waals surface area contributed by atoms with Gasteiger partial charge in [0.05, 0.1) is 5.75 Å². The molecule has 0 saturated heterocycles. The fourth-order valence-electron chi connectivity index (χ4n) is 0.766. The second-order valence-corrected chi connectivity index (χ2v) is 4.15. The van der Waals surface area contributed by atoms with E-state index in [0.29, 0.717) is 12.3 Å². The molecule has 0 radical (unpaired) electrons. The van der Waals surface area contributed by atoms with Crippen LogP contribution in [-0.4, -0.2) is 35.0 Å². The Hall–Kier alpha value is -0.710. The molecule has 0 spiro atoms. The molecule has 5 heteroatoms. The highest BCUT2D eigenvalue weighted by Crippen LogP contribution is 2.00. The third kappa shape index (κ3) is 6.77. The highest BCUT2D eigenvalue weighted by atomic mass is 32.2. The minimum atomic E-state index is -0.816. The molecule has 1 atom stereocenters. The predicted molar refractivity (Wildman–Crippen MR) is 57.4 cm³/mol. The number of aliphatic carboxylic acids is 1. The third-order valence-electron chi connectivity index (χ3n) is 1.83. The maximum atomic E-state index is 11.2. The zero-order chi connectivity index (χ0) is 11.0. The van der Waals surface area contributed by atoms with Gasteiger partial charge in [-0.2, -0.15) is 0 Å². The zero-order valence-corrected chi connectivity index (χ0v) is 9.39. The summed E-state index contributed by atoms with van der Waals surface area (Å²) in [5, 5.41) is 11.1. The molecule has 82 valence electrons. The molecule has 0 aromatic rings. The number of hydrogen-bond donors (Lipinski definition) is 2. The van der Waals surface area contributed by atoms with Crippen LogP contribution in [0.1, 0.15) is 20.3 Å². The van der Waals surface area contributed by atoms with Crippen molar-refractivity contribution in [2.24, 2.45) is 5.92 Å². The SMILES string of the molecule is CCC(C)C(=O)NCCSCC(=O)O. The lowest BCUT2D eigenvalue weighted by Crippen LogP contribution is -2.30. The van der Waals surface area contributed by atoms with E-state index >= 15 is 0 Å². The van der Waals surface area contributed by atoms with Crippen molar-refractivity contribution < 1.29 is 14.7 Å². The van der Waals surface area contributed by atoms with Gasteiger partial charge >= 0.3 is 5.97 Å². The Kier molecular flexibility index (Phi) is 7.28. The number of nitrogens with one attached hydrogen (secondary N) is 1. The maximum absolute atomic E-state index is 11.2. The van der Waals surface area contributed by atoms with Crippen LogP contribution in [0.2, 0.25) is 0 Å². The molecule has 14 heavy (non-hydrogen) atoms. The van der Waals surface area contributed by atoms with Crippen LogP contribution in [0.4, 0.5) is 0 Å². The minimum Gasteiger partial charge on any atom is -0.481 e. The van der Waals surface area contributed by atoms with Crippen molar-refractivity contribution in [2.75, 3.05) is 18.1 Å². The first kappa shape index (κ1) is 13.3. The van der Waals surface area contributed by atoms with E-state index in [1.54, 1.807) is 0 Å². The van der Waals surface area contributed by atoms with Crippen molar-refractivity contribution in [3.8, 4) is 0 Å². The molecule has 2 N–H and O–H groups in total. The fraction of sp³-hybridized carbons (Fsp3) is 0.778. The topological polar surface area (TPSA) is 66.4 Å². The number of thioether (sulfide) groups is 1. The van der Waals surface area contributed by atoms with Crippen LogP contribution in [0.5, 0.6) is 0 Å². The average molecular weight is 219 g/mol. The molecule has 0 aliphatic carbocycles. The summed E-state index contributed by atoms with van der Waals surface area (Å²) in [6.45, 7) is 4.38. The molecule has 0 bridgehead atoms. The van der Waals surface area contributed by atoms with Crippen molar-refractivity contribution in [1.82, 2.24) is 5.32 Å². The van der Waals surface area contributed by atoms with E-state index in [-0.39, 0.29) is 17.6 Å².